The maximum Gasteiger partial charge on any atom is 0.0426 e. The number of rotatable bonds is 3. The Balaban J connectivity index is 2.11. The molecule has 0 aliphatic rings. The van der Waals surface area contributed by atoms with Gasteiger partial charge in [-0.2, -0.15) is 0 Å². The van der Waals surface area contributed by atoms with Crippen molar-refractivity contribution in [3.8, 4) is 0 Å². The van der Waals surface area contributed by atoms with E-state index in [1.54, 1.807) is 0 Å². The molecule has 17 heavy (non-hydrogen) atoms. The Morgan fingerprint density at radius 1 is 1.12 bits per heavy atom. The molecule has 0 bridgehead atoms. The van der Waals surface area contributed by atoms with Crippen LogP contribution in [0.25, 0.3) is 0 Å². The molecule has 0 saturated carbocycles. The Morgan fingerprint density at radius 3 is 2.47 bits per heavy atom. The van der Waals surface area contributed by atoms with Gasteiger partial charge in [-0.25, -0.2) is 0 Å². The summed E-state index contributed by atoms with van der Waals surface area (Å²) < 4.78 is 1.11. The van der Waals surface area contributed by atoms with Crippen molar-refractivity contribution in [2.24, 2.45) is 0 Å². The molecule has 0 aliphatic heterocycles. The van der Waals surface area contributed by atoms with Crippen LogP contribution < -0.4 is 10.6 Å². The first-order valence-corrected chi connectivity index (χ1v) is 6.25. The van der Waals surface area contributed by atoms with E-state index in [0.717, 1.165) is 16.7 Å². The van der Waals surface area contributed by atoms with Crippen molar-refractivity contribution in [1.82, 2.24) is 0 Å². The summed E-state index contributed by atoms with van der Waals surface area (Å²) in [4.78, 5) is 2.20. The van der Waals surface area contributed by atoms with E-state index in [2.05, 4.69) is 46.1 Å². The molecule has 0 spiro atoms. The van der Waals surface area contributed by atoms with Gasteiger partial charge in [-0.15, -0.1) is 0 Å². The SMILES string of the molecule is CN(Cc1cccc(Br)c1)c1ccc(N)cc1. The van der Waals surface area contributed by atoms with E-state index in [0.29, 0.717) is 0 Å². The molecule has 88 valence electrons. The number of nitrogens with two attached hydrogens (primary N) is 1. The molecule has 2 aromatic carbocycles. The number of nitrogens with zero attached hydrogens (tertiary/aromatic N) is 1. The van der Waals surface area contributed by atoms with E-state index in [-0.39, 0.29) is 0 Å². The lowest BCUT2D eigenvalue weighted by Gasteiger charge is -2.19. The molecule has 2 rings (SSSR count). The standard InChI is InChI=1S/C14H15BrN2/c1-17(14-7-5-13(16)6-8-14)10-11-3-2-4-12(15)9-11/h2-9H,10,16H2,1H3. The molecule has 0 aromatic heterocycles. The van der Waals surface area contributed by atoms with Crippen LogP contribution in [-0.4, -0.2) is 7.05 Å². The number of anilines is 2. The quantitative estimate of drug-likeness (QED) is 0.874. The highest BCUT2D eigenvalue weighted by molar-refractivity contribution is 9.10. The van der Waals surface area contributed by atoms with Gasteiger partial charge in [0.15, 0.2) is 0 Å². The molecule has 0 heterocycles. The summed E-state index contributed by atoms with van der Waals surface area (Å²) >= 11 is 3.48. The summed E-state index contributed by atoms with van der Waals surface area (Å²) in [6.45, 7) is 0.878. The fourth-order valence-corrected chi connectivity index (χ4v) is 2.18. The third-order valence-electron chi connectivity index (χ3n) is 2.64. The van der Waals surface area contributed by atoms with Crippen molar-refractivity contribution in [3.63, 3.8) is 0 Å². The number of nitrogen functional groups attached to an aromatic ring is 1. The van der Waals surface area contributed by atoms with Crippen LogP contribution in [0.2, 0.25) is 0 Å². The fourth-order valence-electron chi connectivity index (χ4n) is 1.73. The van der Waals surface area contributed by atoms with Crippen LogP contribution >= 0.6 is 15.9 Å². The van der Waals surface area contributed by atoms with Crippen molar-refractivity contribution in [3.05, 3.63) is 58.6 Å². The largest absolute Gasteiger partial charge is 0.399 e. The fraction of sp³-hybridized carbons (Fsp3) is 0.143. The van der Waals surface area contributed by atoms with Gasteiger partial charge in [0.05, 0.1) is 0 Å². The van der Waals surface area contributed by atoms with Gasteiger partial charge >= 0.3 is 0 Å². The lowest BCUT2D eigenvalue weighted by Crippen LogP contribution is -2.16. The van der Waals surface area contributed by atoms with Gasteiger partial charge < -0.3 is 10.6 Å². The van der Waals surface area contributed by atoms with E-state index in [4.69, 9.17) is 5.73 Å². The molecule has 3 heteroatoms. The van der Waals surface area contributed by atoms with Crippen molar-refractivity contribution in [2.75, 3.05) is 17.7 Å². The molecule has 0 amide bonds. The highest BCUT2D eigenvalue weighted by atomic mass is 79.9. The molecule has 2 aromatic rings. The van der Waals surface area contributed by atoms with E-state index in [1.165, 1.54) is 11.3 Å². The van der Waals surface area contributed by atoms with Gasteiger partial charge in [-0.05, 0) is 42.0 Å². The summed E-state index contributed by atoms with van der Waals surface area (Å²) in [5.41, 5.74) is 8.91. The van der Waals surface area contributed by atoms with E-state index < -0.39 is 0 Å². The van der Waals surface area contributed by atoms with E-state index in [1.807, 2.05) is 30.3 Å². The van der Waals surface area contributed by atoms with Gasteiger partial charge in [0, 0.05) is 29.4 Å². The lowest BCUT2D eigenvalue weighted by atomic mass is 10.2. The van der Waals surface area contributed by atoms with Gasteiger partial charge in [0.25, 0.3) is 0 Å². The second kappa shape index (κ2) is 5.23. The zero-order valence-electron chi connectivity index (χ0n) is 9.73. The summed E-state index contributed by atoms with van der Waals surface area (Å²) in [6.07, 6.45) is 0. The third-order valence-corrected chi connectivity index (χ3v) is 3.14. The second-order valence-electron chi connectivity index (χ2n) is 4.08. The van der Waals surface area contributed by atoms with Crippen LogP contribution in [0.1, 0.15) is 5.56 Å². The van der Waals surface area contributed by atoms with Crippen LogP contribution in [0.15, 0.2) is 53.0 Å². The Labute approximate surface area is 110 Å². The summed E-state index contributed by atoms with van der Waals surface area (Å²) in [5.74, 6) is 0. The topological polar surface area (TPSA) is 29.3 Å². The van der Waals surface area contributed by atoms with E-state index >= 15 is 0 Å². The van der Waals surface area contributed by atoms with Crippen LogP contribution in [0.3, 0.4) is 0 Å². The molecule has 0 unspecified atom stereocenters. The molecule has 0 fully saturated rings. The number of halogens is 1. The Kier molecular flexibility index (Phi) is 3.69. The minimum absolute atomic E-state index is 0.796. The first kappa shape index (κ1) is 12.0. The Hall–Kier alpha value is -1.48. The van der Waals surface area contributed by atoms with Crippen molar-refractivity contribution in [1.29, 1.82) is 0 Å². The van der Waals surface area contributed by atoms with Crippen LogP contribution in [-0.2, 0) is 6.54 Å². The number of hydrogen-bond donors (Lipinski definition) is 1. The smallest absolute Gasteiger partial charge is 0.0426 e. The summed E-state index contributed by atoms with van der Waals surface area (Å²) in [5, 5.41) is 0. The molecule has 0 aliphatic carbocycles. The van der Waals surface area contributed by atoms with Gasteiger partial charge in [-0.1, -0.05) is 28.1 Å². The monoisotopic (exact) mass is 290 g/mol. The predicted molar refractivity (Wildman–Crippen MR) is 77.1 cm³/mol. The van der Waals surface area contributed by atoms with Crippen LogP contribution in [0, 0.1) is 0 Å². The molecule has 2 nitrogen and oxygen atoms in total. The molecular formula is C14H15BrN2. The van der Waals surface area contributed by atoms with Gasteiger partial charge in [-0.3, -0.25) is 0 Å². The summed E-state index contributed by atoms with van der Waals surface area (Å²) in [6, 6.07) is 16.3. The van der Waals surface area contributed by atoms with Crippen molar-refractivity contribution in [2.45, 2.75) is 6.54 Å². The lowest BCUT2D eigenvalue weighted by molar-refractivity contribution is 0.922. The van der Waals surface area contributed by atoms with Gasteiger partial charge in [0.2, 0.25) is 0 Å². The maximum atomic E-state index is 5.67. The second-order valence-corrected chi connectivity index (χ2v) is 4.99. The van der Waals surface area contributed by atoms with Crippen molar-refractivity contribution >= 4 is 27.3 Å². The third kappa shape index (κ3) is 3.24. The number of benzene rings is 2. The highest BCUT2D eigenvalue weighted by Gasteiger charge is 2.02. The minimum Gasteiger partial charge on any atom is -0.399 e. The number of hydrogen-bond acceptors (Lipinski definition) is 2. The Bertz CT molecular complexity index is 494. The average Bonchev–Trinajstić information content (AvgIpc) is 2.29. The molecule has 2 N–H and O–H groups in total. The first-order chi connectivity index (χ1) is 8.15. The van der Waals surface area contributed by atoms with Gasteiger partial charge in [0.1, 0.15) is 0 Å². The van der Waals surface area contributed by atoms with Crippen LogP contribution in [0.4, 0.5) is 11.4 Å². The normalized spacial score (nSPS) is 10.2. The predicted octanol–water partition coefficient (Wildman–Crippen LogP) is 3.67. The summed E-state index contributed by atoms with van der Waals surface area (Å²) in [7, 11) is 2.08. The molecule has 0 atom stereocenters. The first-order valence-electron chi connectivity index (χ1n) is 5.46. The molecule has 0 saturated heterocycles. The van der Waals surface area contributed by atoms with Crippen LogP contribution in [0.5, 0.6) is 0 Å². The molecular weight excluding hydrogens is 276 g/mol. The van der Waals surface area contributed by atoms with Crippen molar-refractivity contribution < 1.29 is 0 Å². The maximum absolute atomic E-state index is 5.67. The zero-order valence-corrected chi connectivity index (χ0v) is 11.3. The van der Waals surface area contributed by atoms with E-state index in [9.17, 15) is 0 Å². The molecule has 0 radical (unpaired) electrons. The zero-order chi connectivity index (χ0) is 12.3. The Morgan fingerprint density at radius 2 is 1.82 bits per heavy atom. The average molecular weight is 291 g/mol. The minimum atomic E-state index is 0.796. The highest BCUT2D eigenvalue weighted by Crippen LogP contribution is 2.18.